The normalized spacial score (nSPS) is 13.9. The monoisotopic (exact) mass is 483 g/mol. The molecular formula is C25H30FN5O2S. The number of halogens is 1. The minimum absolute atomic E-state index is 0.0528. The zero-order chi connectivity index (χ0) is 24.1. The Balaban J connectivity index is 1.30. The van der Waals surface area contributed by atoms with Gasteiger partial charge in [0.2, 0.25) is 5.91 Å². The molecule has 34 heavy (non-hydrogen) atoms. The summed E-state index contributed by atoms with van der Waals surface area (Å²) in [6, 6.07) is 12.9. The number of para-hydroxylation sites is 1. The van der Waals surface area contributed by atoms with Gasteiger partial charge in [0.1, 0.15) is 18.2 Å². The first kappa shape index (κ1) is 24.1. The number of hydrogen-bond acceptors (Lipinski definition) is 6. The molecular weight excluding hydrogens is 453 g/mol. The predicted octanol–water partition coefficient (Wildman–Crippen LogP) is 4.07. The Labute approximate surface area is 203 Å². The summed E-state index contributed by atoms with van der Waals surface area (Å²) < 4.78 is 22.0. The lowest BCUT2D eigenvalue weighted by molar-refractivity contribution is -0.128. The van der Waals surface area contributed by atoms with Crippen LogP contribution >= 0.6 is 11.8 Å². The van der Waals surface area contributed by atoms with E-state index in [-0.39, 0.29) is 17.5 Å². The molecule has 0 aliphatic carbocycles. The first-order chi connectivity index (χ1) is 16.5. The van der Waals surface area contributed by atoms with Gasteiger partial charge in [0, 0.05) is 32.7 Å². The number of benzene rings is 2. The summed E-state index contributed by atoms with van der Waals surface area (Å²) in [4.78, 5) is 16.6. The summed E-state index contributed by atoms with van der Waals surface area (Å²) >= 11 is 1.39. The van der Waals surface area contributed by atoms with Crippen LogP contribution in [0.3, 0.4) is 0 Å². The molecule has 7 nitrogen and oxygen atoms in total. The van der Waals surface area contributed by atoms with Gasteiger partial charge in [0.25, 0.3) is 0 Å². The molecule has 0 spiro atoms. The molecule has 2 heterocycles. The first-order valence-corrected chi connectivity index (χ1v) is 12.5. The average Bonchev–Trinajstić information content (AvgIpc) is 3.25. The Hall–Kier alpha value is -3.07. The highest BCUT2D eigenvalue weighted by molar-refractivity contribution is 7.99. The van der Waals surface area contributed by atoms with Crippen LogP contribution in [0, 0.1) is 19.7 Å². The lowest BCUT2D eigenvalue weighted by atomic mass is 10.1. The number of rotatable bonds is 8. The Morgan fingerprint density at radius 3 is 2.59 bits per heavy atom. The molecule has 0 saturated carbocycles. The van der Waals surface area contributed by atoms with Gasteiger partial charge < -0.3 is 19.1 Å². The number of amides is 1. The summed E-state index contributed by atoms with van der Waals surface area (Å²) in [5.41, 5.74) is 2.81. The van der Waals surface area contributed by atoms with Crippen LogP contribution in [0.2, 0.25) is 0 Å². The van der Waals surface area contributed by atoms with E-state index < -0.39 is 0 Å². The van der Waals surface area contributed by atoms with Crippen molar-refractivity contribution in [1.29, 1.82) is 0 Å². The molecule has 1 fully saturated rings. The molecule has 2 aromatic carbocycles. The Morgan fingerprint density at radius 2 is 1.85 bits per heavy atom. The standard InChI is InChI=1S/C25H30FN5O2S/c1-4-31-23(16-33-22-15-18(2)9-10-19(22)3)27-28-25(31)34-17-24(32)30-13-11-29(12-14-30)21-8-6-5-7-20(21)26/h5-10,15H,4,11-14,16-17H2,1-3H3. The van der Waals surface area contributed by atoms with E-state index in [2.05, 4.69) is 16.3 Å². The number of carbonyl (C=O) groups excluding carboxylic acids is 1. The van der Waals surface area contributed by atoms with Crippen molar-refractivity contribution < 1.29 is 13.9 Å². The van der Waals surface area contributed by atoms with Crippen molar-refractivity contribution >= 4 is 23.4 Å². The highest BCUT2D eigenvalue weighted by Gasteiger charge is 2.23. The third-order valence-electron chi connectivity index (χ3n) is 5.96. The maximum absolute atomic E-state index is 14.1. The zero-order valence-electron chi connectivity index (χ0n) is 19.8. The van der Waals surface area contributed by atoms with Crippen LogP contribution in [0.15, 0.2) is 47.6 Å². The molecule has 1 aromatic heterocycles. The zero-order valence-corrected chi connectivity index (χ0v) is 20.6. The smallest absolute Gasteiger partial charge is 0.233 e. The third-order valence-corrected chi connectivity index (χ3v) is 6.91. The molecule has 3 aromatic rings. The average molecular weight is 484 g/mol. The van der Waals surface area contributed by atoms with Crippen LogP contribution in [-0.4, -0.2) is 57.5 Å². The molecule has 0 bridgehead atoms. The van der Waals surface area contributed by atoms with Gasteiger partial charge in [0.05, 0.1) is 11.4 Å². The number of thioether (sulfide) groups is 1. The Morgan fingerprint density at radius 1 is 1.09 bits per heavy atom. The summed E-state index contributed by atoms with van der Waals surface area (Å²) in [6.45, 7) is 9.46. The third kappa shape index (κ3) is 5.52. The van der Waals surface area contributed by atoms with Crippen molar-refractivity contribution in [1.82, 2.24) is 19.7 Å². The molecule has 0 atom stereocenters. The predicted molar refractivity (Wildman–Crippen MR) is 132 cm³/mol. The van der Waals surface area contributed by atoms with Crippen molar-refractivity contribution in [3.05, 3.63) is 65.2 Å². The lowest BCUT2D eigenvalue weighted by Crippen LogP contribution is -2.49. The number of nitrogens with zero attached hydrogens (tertiary/aromatic N) is 5. The SMILES string of the molecule is CCn1c(COc2cc(C)ccc2C)nnc1SCC(=O)N1CCN(c2ccccc2F)CC1. The molecule has 0 radical (unpaired) electrons. The van der Waals surface area contributed by atoms with E-state index in [1.165, 1.54) is 17.8 Å². The van der Waals surface area contributed by atoms with Gasteiger partial charge in [0.15, 0.2) is 11.0 Å². The number of aromatic nitrogens is 3. The maximum atomic E-state index is 14.1. The topological polar surface area (TPSA) is 63.5 Å². The fourth-order valence-corrected chi connectivity index (χ4v) is 4.90. The number of anilines is 1. The second kappa shape index (κ2) is 10.9. The van der Waals surface area contributed by atoms with Gasteiger partial charge in [-0.3, -0.25) is 4.79 Å². The molecule has 9 heteroatoms. The number of aryl methyl sites for hydroxylation is 2. The van der Waals surface area contributed by atoms with Gasteiger partial charge in [-0.2, -0.15) is 0 Å². The van der Waals surface area contributed by atoms with E-state index in [0.717, 1.165) is 22.7 Å². The van der Waals surface area contributed by atoms with Crippen molar-refractivity contribution in [2.75, 3.05) is 36.8 Å². The Bertz CT molecular complexity index is 1140. The largest absolute Gasteiger partial charge is 0.485 e. The van der Waals surface area contributed by atoms with Gasteiger partial charge in [-0.05, 0) is 50.1 Å². The van der Waals surface area contributed by atoms with Crippen molar-refractivity contribution in [2.24, 2.45) is 0 Å². The summed E-state index contributed by atoms with van der Waals surface area (Å²) in [5, 5.41) is 9.30. The highest BCUT2D eigenvalue weighted by atomic mass is 32.2. The summed E-state index contributed by atoms with van der Waals surface area (Å²) in [6.07, 6.45) is 0. The molecule has 1 aliphatic heterocycles. The second-order valence-electron chi connectivity index (χ2n) is 8.31. The quantitative estimate of drug-likeness (QED) is 0.450. The van der Waals surface area contributed by atoms with E-state index >= 15 is 0 Å². The number of hydrogen-bond donors (Lipinski definition) is 0. The molecule has 1 saturated heterocycles. The van der Waals surface area contributed by atoms with Gasteiger partial charge in [-0.1, -0.05) is 36.0 Å². The van der Waals surface area contributed by atoms with E-state index in [1.54, 1.807) is 12.1 Å². The number of ether oxygens (including phenoxy) is 1. The van der Waals surface area contributed by atoms with Crippen LogP contribution in [0.4, 0.5) is 10.1 Å². The maximum Gasteiger partial charge on any atom is 0.233 e. The van der Waals surface area contributed by atoms with Crippen LogP contribution in [0.1, 0.15) is 23.9 Å². The number of carbonyl (C=O) groups is 1. The minimum atomic E-state index is -0.228. The van der Waals surface area contributed by atoms with E-state index in [9.17, 15) is 9.18 Å². The second-order valence-corrected chi connectivity index (χ2v) is 9.25. The molecule has 180 valence electrons. The fourth-order valence-electron chi connectivity index (χ4n) is 3.98. The highest BCUT2D eigenvalue weighted by Crippen LogP contribution is 2.23. The molecule has 1 amide bonds. The fraction of sp³-hybridized carbons (Fsp3) is 0.400. The van der Waals surface area contributed by atoms with Gasteiger partial charge in [-0.25, -0.2) is 4.39 Å². The molecule has 1 aliphatic rings. The summed E-state index contributed by atoms with van der Waals surface area (Å²) in [5.74, 6) is 1.68. The number of piperazine rings is 1. The molecule has 4 rings (SSSR count). The molecule has 0 N–H and O–H groups in total. The van der Waals surface area contributed by atoms with Crippen LogP contribution in [-0.2, 0) is 17.9 Å². The van der Waals surface area contributed by atoms with E-state index in [0.29, 0.717) is 50.2 Å². The van der Waals surface area contributed by atoms with Crippen molar-refractivity contribution in [3.63, 3.8) is 0 Å². The van der Waals surface area contributed by atoms with E-state index in [4.69, 9.17) is 4.74 Å². The Kier molecular flexibility index (Phi) is 7.72. The van der Waals surface area contributed by atoms with Crippen LogP contribution in [0.5, 0.6) is 5.75 Å². The summed E-state index contributed by atoms with van der Waals surface area (Å²) in [7, 11) is 0. The minimum Gasteiger partial charge on any atom is -0.485 e. The van der Waals surface area contributed by atoms with Gasteiger partial charge in [-0.15, -0.1) is 10.2 Å². The van der Waals surface area contributed by atoms with Crippen LogP contribution in [0.25, 0.3) is 0 Å². The first-order valence-electron chi connectivity index (χ1n) is 11.5. The van der Waals surface area contributed by atoms with E-state index in [1.807, 2.05) is 53.3 Å². The molecule has 0 unspecified atom stereocenters. The van der Waals surface area contributed by atoms with Gasteiger partial charge >= 0.3 is 0 Å². The lowest BCUT2D eigenvalue weighted by Gasteiger charge is -2.36. The van der Waals surface area contributed by atoms with Crippen molar-refractivity contribution in [3.8, 4) is 5.75 Å². The van der Waals surface area contributed by atoms with Crippen molar-refractivity contribution in [2.45, 2.75) is 39.1 Å². The van der Waals surface area contributed by atoms with Crippen LogP contribution < -0.4 is 9.64 Å².